The molecule has 2 atom stereocenters. The zero-order valence-electron chi connectivity index (χ0n) is 19.9. The van der Waals surface area contributed by atoms with Gasteiger partial charge < -0.3 is 19.9 Å². The van der Waals surface area contributed by atoms with E-state index in [1.54, 1.807) is 20.8 Å². The van der Waals surface area contributed by atoms with Gasteiger partial charge in [-0.05, 0) is 35.1 Å². The van der Waals surface area contributed by atoms with Crippen LogP contribution in [0.25, 0.3) is 0 Å². The quantitative estimate of drug-likeness (QED) is 0.607. The summed E-state index contributed by atoms with van der Waals surface area (Å²) < 4.78 is 38.6. The number of carbonyl (C=O) groups excluding carboxylic acids is 1. The van der Waals surface area contributed by atoms with Gasteiger partial charge >= 0.3 is 5.97 Å². The first-order valence-electron chi connectivity index (χ1n) is 10.7. The van der Waals surface area contributed by atoms with Crippen LogP contribution >= 0.6 is 0 Å². The van der Waals surface area contributed by atoms with Gasteiger partial charge in [0.15, 0.2) is 17.5 Å². The van der Waals surface area contributed by atoms with Crippen LogP contribution in [0.5, 0.6) is 11.5 Å². The van der Waals surface area contributed by atoms with Gasteiger partial charge in [-0.15, -0.1) is 0 Å². The van der Waals surface area contributed by atoms with E-state index in [9.17, 15) is 23.1 Å². The standard InChI is InChI=1S/C24H30N2O7S/c1-24(2,3)21(23(28)29)26(22(27)18-12-15-8-6-7-9-16(15)14-25-18)34(30,31)17-10-11-19(32-4)20(13-17)33-5/h6-11,13,18,21,25H,12,14H2,1-5H3,(H,28,29)/t18-,21+/m0/s1. The van der Waals surface area contributed by atoms with Crippen LogP contribution in [0.4, 0.5) is 0 Å². The Morgan fingerprint density at radius 3 is 2.24 bits per heavy atom. The van der Waals surface area contributed by atoms with E-state index >= 15 is 0 Å². The zero-order valence-corrected chi connectivity index (χ0v) is 20.7. The molecule has 1 heterocycles. The number of fused-ring (bicyclic) bond motifs is 1. The summed E-state index contributed by atoms with van der Waals surface area (Å²) in [5.74, 6) is -1.80. The Hall–Kier alpha value is -3.11. The number of nitrogens with zero attached hydrogens (tertiary/aromatic N) is 1. The minimum atomic E-state index is -4.58. The van der Waals surface area contributed by atoms with Crippen molar-refractivity contribution in [2.75, 3.05) is 14.2 Å². The molecule has 3 rings (SSSR count). The molecule has 1 aliphatic heterocycles. The van der Waals surface area contributed by atoms with Gasteiger partial charge in [0.2, 0.25) is 0 Å². The number of ether oxygens (including phenoxy) is 2. The highest BCUT2D eigenvalue weighted by Crippen LogP contribution is 2.35. The van der Waals surface area contributed by atoms with Crippen LogP contribution in [0, 0.1) is 5.41 Å². The molecule has 0 saturated carbocycles. The number of sulfonamides is 1. The van der Waals surface area contributed by atoms with Gasteiger partial charge in [0.25, 0.3) is 15.9 Å². The first kappa shape index (κ1) is 25.5. The molecular formula is C24H30N2O7S. The van der Waals surface area contributed by atoms with E-state index in [-0.39, 0.29) is 17.1 Å². The fourth-order valence-electron chi connectivity index (χ4n) is 4.08. The average molecular weight is 491 g/mol. The lowest BCUT2D eigenvalue weighted by atomic mass is 9.86. The summed E-state index contributed by atoms with van der Waals surface area (Å²) in [7, 11) is -1.82. The Morgan fingerprint density at radius 1 is 1.06 bits per heavy atom. The van der Waals surface area contributed by atoms with Crippen LogP contribution in [0.1, 0.15) is 31.9 Å². The maximum Gasteiger partial charge on any atom is 0.328 e. The molecule has 34 heavy (non-hydrogen) atoms. The van der Waals surface area contributed by atoms with Crippen molar-refractivity contribution in [3.05, 3.63) is 53.6 Å². The molecule has 0 aliphatic carbocycles. The van der Waals surface area contributed by atoms with E-state index in [1.807, 2.05) is 24.3 Å². The van der Waals surface area contributed by atoms with Crippen molar-refractivity contribution < 1.29 is 32.6 Å². The third-order valence-electron chi connectivity index (χ3n) is 5.80. The summed E-state index contributed by atoms with van der Waals surface area (Å²) >= 11 is 0. The van der Waals surface area contributed by atoms with Crippen molar-refractivity contribution >= 4 is 21.9 Å². The monoisotopic (exact) mass is 490 g/mol. The van der Waals surface area contributed by atoms with Crippen molar-refractivity contribution in [3.63, 3.8) is 0 Å². The van der Waals surface area contributed by atoms with Gasteiger partial charge in [0.05, 0.1) is 25.2 Å². The Balaban J connectivity index is 2.13. The molecule has 2 aromatic carbocycles. The number of hydrogen-bond acceptors (Lipinski definition) is 7. The van der Waals surface area contributed by atoms with Crippen molar-refractivity contribution in [1.82, 2.24) is 9.62 Å². The molecule has 0 unspecified atom stereocenters. The van der Waals surface area contributed by atoms with E-state index in [1.165, 1.54) is 32.4 Å². The highest BCUT2D eigenvalue weighted by Gasteiger charge is 2.48. The maximum absolute atomic E-state index is 13.8. The fraction of sp³-hybridized carbons (Fsp3) is 0.417. The summed E-state index contributed by atoms with van der Waals surface area (Å²) in [6, 6.07) is 8.87. The largest absolute Gasteiger partial charge is 0.493 e. The second-order valence-corrected chi connectivity index (χ2v) is 11.0. The van der Waals surface area contributed by atoms with Crippen LogP contribution in [0.15, 0.2) is 47.4 Å². The molecule has 0 aromatic heterocycles. The molecule has 0 fully saturated rings. The normalized spacial score (nSPS) is 16.8. The van der Waals surface area contributed by atoms with Crippen LogP contribution in [-0.2, 0) is 32.6 Å². The van der Waals surface area contributed by atoms with E-state index in [0.717, 1.165) is 11.1 Å². The molecule has 0 saturated heterocycles. The summed E-state index contributed by atoms with van der Waals surface area (Å²) in [6.07, 6.45) is 0.240. The number of aliphatic carboxylic acids is 1. The van der Waals surface area contributed by atoms with E-state index in [2.05, 4.69) is 5.32 Å². The Kier molecular flexibility index (Phi) is 7.23. The third-order valence-corrected chi connectivity index (χ3v) is 7.56. The van der Waals surface area contributed by atoms with Gasteiger partial charge in [-0.3, -0.25) is 4.79 Å². The van der Waals surface area contributed by atoms with Crippen LogP contribution < -0.4 is 14.8 Å². The predicted molar refractivity (Wildman–Crippen MR) is 125 cm³/mol. The molecule has 184 valence electrons. The van der Waals surface area contributed by atoms with Crippen molar-refractivity contribution in [3.8, 4) is 11.5 Å². The van der Waals surface area contributed by atoms with Gasteiger partial charge in [-0.2, -0.15) is 0 Å². The Morgan fingerprint density at radius 2 is 1.68 bits per heavy atom. The van der Waals surface area contributed by atoms with Gasteiger partial charge in [0.1, 0.15) is 0 Å². The molecule has 9 nitrogen and oxygen atoms in total. The number of hydrogen-bond donors (Lipinski definition) is 2. The lowest BCUT2D eigenvalue weighted by molar-refractivity contribution is -0.150. The number of nitrogens with one attached hydrogen (secondary N) is 1. The lowest BCUT2D eigenvalue weighted by Gasteiger charge is -2.39. The van der Waals surface area contributed by atoms with E-state index in [0.29, 0.717) is 16.6 Å². The van der Waals surface area contributed by atoms with Crippen LogP contribution in [0.2, 0.25) is 0 Å². The number of benzene rings is 2. The van der Waals surface area contributed by atoms with Crippen molar-refractivity contribution in [2.45, 2.75) is 50.7 Å². The van der Waals surface area contributed by atoms with E-state index in [4.69, 9.17) is 9.47 Å². The molecule has 2 N–H and O–H groups in total. The van der Waals surface area contributed by atoms with Crippen LogP contribution in [0.3, 0.4) is 0 Å². The molecule has 10 heteroatoms. The van der Waals surface area contributed by atoms with Gasteiger partial charge in [-0.25, -0.2) is 17.5 Å². The Bertz CT molecular complexity index is 1190. The number of carbonyl (C=O) groups is 2. The first-order chi connectivity index (χ1) is 15.9. The summed E-state index contributed by atoms with van der Waals surface area (Å²) in [5, 5.41) is 13.1. The fourth-order valence-corrected chi connectivity index (χ4v) is 5.85. The minimum Gasteiger partial charge on any atom is -0.493 e. The lowest BCUT2D eigenvalue weighted by Crippen LogP contribution is -2.59. The predicted octanol–water partition coefficient (Wildman–Crippen LogP) is 2.43. The molecule has 0 spiro atoms. The SMILES string of the molecule is COc1ccc(S(=O)(=O)N(C(=O)[C@@H]2Cc3ccccc3CN2)[C@H](C(=O)O)C(C)(C)C)cc1OC. The highest BCUT2D eigenvalue weighted by atomic mass is 32.2. The first-order valence-corrected chi connectivity index (χ1v) is 12.2. The number of rotatable bonds is 7. The third kappa shape index (κ3) is 4.88. The summed E-state index contributed by atoms with van der Waals surface area (Å²) in [6.45, 7) is 5.11. The second-order valence-electron chi connectivity index (χ2n) is 9.17. The molecular weight excluding hydrogens is 460 g/mol. The second kappa shape index (κ2) is 9.63. The van der Waals surface area contributed by atoms with Gasteiger partial charge in [0, 0.05) is 12.6 Å². The number of carboxylic acids is 1. The molecule has 0 radical (unpaired) electrons. The number of methoxy groups -OCH3 is 2. The van der Waals surface area contributed by atoms with E-state index < -0.39 is 39.4 Å². The minimum absolute atomic E-state index is 0.142. The van der Waals surface area contributed by atoms with Crippen LogP contribution in [-0.4, -0.2) is 56.0 Å². The summed E-state index contributed by atoms with van der Waals surface area (Å²) in [4.78, 5) is 25.8. The molecule has 0 bridgehead atoms. The number of carboxylic acid groups (broad SMARTS) is 1. The zero-order chi connectivity index (χ0) is 25.3. The van der Waals surface area contributed by atoms with Crippen molar-refractivity contribution in [2.24, 2.45) is 5.41 Å². The number of amides is 1. The van der Waals surface area contributed by atoms with Crippen molar-refractivity contribution in [1.29, 1.82) is 0 Å². The van der Waals surface area contributed by atoms with Gasteiger partial charge in [-0.1, -0.05) is 45.0 Å². The molecule has 1 amide bonds. The average Bonchev–Trinajstić information content (AvgIpc) is 2.79. The molecule has 1 aliphatic rings. The highest BCUT2D eigenvalue weighted by molar-refractivity contribution is 7.89. The smallest absolute Gasteiger partial charge is 0.328 e. The topological polar surface area (TPSA) is 122 Å². The Labute approximate surface area is 199 Å². The molecule has 2 aromatic rings. The summed E-state index contributed by atoms with van der Waals surface area (Å²) in [5.41, 5.74) is 0.828. The maximum atomic E-state index is 13.8.